The van der Waals surface area contributed by atoms with Crippen LogP contribution in [0.2, 0.25) is 0 Å². The number of methoxy groups -OCH3 is 1. The molecule has 124 valence electrons. The van der Waals surface area contributed by atoms with Crippen LogP contribution in [-0.2, 0) is 17.6 Å². The largest absolute Gasteiger partial charge is 0.496 e. The molecule has 0 spiro atoms. The number of hydrogen-bond acceptors (Lipinski definition) is 4. The highest BCUT2D eigenvalue weighted by Crippen LogP contribution is 2.27. The predicted molar refractivity (Wildman–Crippen MR) is 91.6 cm³/mol. The Bertz CT molecular complexity index is 786. The van der Waals surface area contributed by atoms with Crippen molar-refractivity contribution in [3.63, 3.8) is 0 Å². The molecule has 0 radical (unpaired) electrons. The Kier molecular flexibility index (Phi) is 4.60. The van der Waals surface area contributed by atoms with Crippen LogP contribution in [0.15, 0.2) is 36.5 Å². The molecule has 1 amide bonds. The molecule has 5 heteroatoms. The fourth-order valence-corrected chi connectivity index (χ4v) is 3.05. The summed E-state index contributed by atoms with van der Waals surface area (Å²) < 4.78 is 5.34. The van der Waals surface area contributed by atoms with Crippen LogP contribution < -0.4 is 9.64 Å². The van der Waals surface area contributed by atoms with E-state index in [1.54, 1.807) is 36.4 Å². The number of hydrogen-bond donors (Lipinski definition) is 0. The van der Waals surface area contributed by atoms with Gasteiger partial charge in [0.15, 0.2) is 5.78 Å². The first-order valence-electron chi connectivity index (χ1n) is 8.02. The number of fused-ring (bicyclic) bond motifs is 1. The van der Waals surface area contributed by atoms with Gasteiger partial charge in [-0.3, -0.25) is 14.6 Å². The van der Waals surface area contributed by atoms with Crippen molar-refractivity contribution in [1.29, 1.82) is 0 Å². The molecule has 1 aromatic heterocycles. The minimum absolute atomic E-state index is 0.0112. The number of ketones is 1. The van der Waals surface area contributed by atoms with E-state index in [9.17, 15) is 9.59 Å². The molecule has 0 N–H and O–H groups in total. The Balaban J connectivity index is 1.88. The average Bonchev–Trinajstić information content (AvgIpc) is 2.61. The van der Waals surface area contributed by atoms with Crippen molar-refractivity contribution in [2.75, 3.05) is 18.6 Å². The first-order valence-corrected chi connectivity index (χ1v) is 8.02. The Labute approximate surface area is 141 Å². The van der Waals surface area contributed by atoms with Gasteiger partial charge in [0.1, 0.15) is 5.75 Å². The number of carbonyl (C=O) groups is 2. The average molecular weight is 324 g/mol. The van der Waals surface area contributed by atoms with Gasteiger partial charge < -0.3 is 9.64 Å². The van der Waals surface area contributed by atoms with Crippen LogP contribution in [0.1, 0.15) is 35.0 Å². The van der Waals surface area contributed by atoms with Gasteiger partial charge in [-0.05, 0) is 50.1 Å². The molecule has 2 heterocycles. The minimum Gasteiger partial charge on any atom is -0.496 e. The number of aryl methyl sites for hydroxylation is 1. The van der Waals surface area contributed by atoms with Crippen LogP contribution >= 0.6 is 0 Å². The summed E-state index contributed by atoms with van der Waals surface area (Å²) in [6.07, 6.45) is 3.74. The van der Waals surface area contributed by atoms with E-state index in [0.29, 0.717) is 17.9 Å². The number of nitrogens with zero attached hydrogens (tertiary/aromatic N) is 2. The molecule has 1 aromatic carbocycles. The topological polar surface area (TPSA) is 59.5 Å². The van der Waals surface area contributed by atoms with Gasteiger partial charge in [0.05, 0.1) is 24.9 Å². The van der Waals surface area contributed by atoms with Crippen LogP contribution in [0.3, 0.4) is 0 Å². The highest BCUT2D eigenvalue weighted by atomic mass is 16.5. The van der Waals surface area contributed by atoms with Crippen molar-refractivity contribution < 1.29 is 14.3 Å². The van der Waals surface area contributed by atoms with Crippen molar-refractivity contribution in [3.8, 4) is 5.75 Å². The Morgan fingerprint density at radius 2 is 2.12 bits per heavy atom. The molecule has 1 aliphatic heterocycles. The van der Waals surface area contributed by atoms with Crippen LogP contribution in [0.4, 0.5) is 5.69 Å². The number of aromatic nitrogens is 1. The second-order valence-corrected chi connectivity index (χ2v) is 5.88. The monoisotopic (exact) mass is 324 g/mol. The van der Waals surface area contributed by atoms with Gasteiger partial charge >= 0.3 is 0 Å². The summed E-state index contributed by atoms with van der Waals surface area (Å²) in [6, 6.07) is 8.98. The zero-order valence-corrected chi connectivity index (χ0v) is 13.9. The number of Topliss-reactive ketones (excluding diaryl/α,β-unsaturated/α-hetero) is 1. The Hall–Kier alpha value is -2.69. The van der Waals surface area contributed by atoms with Crippen LogP contribution in [-0.4, -0.2) is 30.3 Å². The third-order valence-electron chi connectivity index (χ3n) is 4.28. The van der Waals surface area contributed by atoms with Gasteiger partial charge in [-0.1, -0.05) is 0 Å². The number of anilines is 1. The molecular formula is C19H20N2O3. The number of amides is 1. The zero-order valence-electron chi connectivity index (χ0n) is 13.9. The lowest BCUT2D eigenvalue weighted by Gasteiger charge is -2.29. The van der Waals surface area contributed by atoms with E-state index in [-0.39, 0.29) is 18.1 Å². The van der Waals surface area contributed by atoms with Crippen molar-refractivity contribution in [3.05, 3.63) is 53.3 Å². The quantitative estimate of drug-likeness (QED) is 0.812. The van der Waals surface area contributed by atoms with Crippen LogP contribution in [0, 0.1) is 0 Å². The summed E-state index contributed by atoms with van der Waals surface area (Å²) in [5, 5.41) is 0. The van der Waals surface area contributed by atoms with Crippen molar-refractivity contribution in [2.45, 2.75) is 26.2 Å². The molecule has 3 rings (SSSR count). The lowest BCUT2D eigenvalue weighted by atomic mass is 10.0. The molecule has 0 atom stereocenters. The van der Waals surface area contributed by atoms with Gasteiger partial charge in [-0.2, -0.15) is 0 Å². The van der Waals surface area contributed by atoms with Gasteiger partial charge in [0, 0.05) is 23.9 Å². The van der Waals surface area contributed by atoms with E-state index in [0.717, 1.165) is 29.8 Å². The van der Waals surface area contributed by atoms with Gasteiger partial charge in [0.2, 0.25) is 5.91 Å². The molecule has 0 saturated carbocycles. The van der Waals surface area contributed by atoms with E-state index in [1.807, 2.05) is 12.1 Å². The number of pyridine rings is 1. The molecule has 0 fully saturated rings. The maximum Gasteiger partial charge on any atom is 0.231 e. The van der Waals surface area contributed by atoms with E-state index in [4.69, 9.17) is 4.74 Å². The third-order valence-corrected chi connectivity index (χ3v) is 4.28. The minimum atomic E-state index is -0.0288. The Morgan fingerprint density at radius 3 is 2.88 bits per heavy atom. The highest BCUT2D eigenvalue weighted by molar-refractivity contribution is 5.97. The maximum absolute atomic E-state index is 12.8. The molecule has 0 bridgehead atoms. The standard InChI is InChI=1S/C19H20N2O3/c1-13(22)14-7-8-18(24-2)15(11-14)12-19(23)21-10-4-5-16-17(21)6-3-9-20-16/h3,6-9,11H,4-5,10,12H2,1-2H3. The van der Waals surface area contributed by atoms with Gasteiger partial charge in [-0.25, -0.2) is 0 Å². The molecule has 24 heavy (non-hydrogen) atoms. The Morgan fingerprint density at radius 1 is 1.29 bits per heavy atom. The van der Waals surface area contributed by atoms with Crippen molar-refractivity contribution in [2.24, 2.45) is 0 Å². The fourth-order valence-electron chi connectivity index (χ4n) is 3.05. The number of ether oxygens (including phenoxy) is 1. The maximum atomic E-state index is 12.8. The van der Waals surface area contributed by atoms with Crippen molar-refractivity contribution >= 4 is 17.4 Å². The smallest absolute Gasteiger partial charge is 0.231 e. The first kappa shape index (κ1) is 16.2. The zero-order chi connectivity index (χ0) is 17.1. The SMILES string of the molecule is COc1ccc(C(C)=O)cc1CC(=O)N1CCCc2ncccc21. The predicted octanol–water partition coefficient (Wildman–Crippen LogP) is 2.81. The second kappa shape index (κ2) is 6.83. The summed E-state index contributed by atoms with van der Waals surface area (Å²) in [7, 11) is 1.57. The molecule has 0 unspecified atom stereocenters. The molecule has 1 aliphatic rings. The van der Waals surface area contributed by atoms with E-state index in [1.165, 1.54) is 6.92 Å². The fraction of sp³-hybridized carbons (Fsp3) is 0.316. The van der Waals surface area contributed by atoms with Gasteiger partial charge in [-0.15, -0.1) is 0 Å². The summed E-state index contributed by atoms with van der Waals surface area (Å²) >= 11 is 0. The van der Waals surface area contributed by atoms with Crippen LogP contribution in [0.5, 0.6) is 5.75 Å². The van der Waals surface area contributed by atoms with Gasteiger partial charge in [0.25, 0.3) is 0 Å². The molecule has 5 nitrogen and oxygen atoms in total. The van der Waals surface area contributed by atoms with Crippen molar-refractivity contribution in [1.82, 2.24) is 4.98 Å². The summed E-state index contributed by atoms with van der Waals surface area (Å²) in [5.74, 6) is 0.582. The third kappa shape index (κ3) is 3.15. The molecule has 0 aliphatic carbocycles. The summed E-state index contributed by atoms with van der Waals surface area (Å²) in [4.78, 5) is 30.6. The molecular weight excluding hydrogens is 304 g/mol. The van der Waals surface area contributed by atoms with E-state index < -0.39 is 0 Å². The highest BCUT2D eigenvalue weighted by Gasteiger charge is 2.24. The molecule has 2 aromatic rings. The summed E-state index contributed by atoms with van der Waals surface area (Å²) in [6.45, 7) is 2.20. The number of carbonyl (C=O) groups excluding carboxylic acids is 2. The first-order chi connectivity index (χ1) is 11.6. The van der Waals surface area contributed by atoms with Crippen LogP contribution in [0.25, 0.3) is 0 Å². The number of benzene rings is 1. The lowest BCUT2D eigenvalue weighted by Crippen LogP contribution is -2.36. The van der Waals surface area contributed by atoms with E-state index >= 15 is 0 Å². The lowest BCUT2D eigenvalue weighted by molar-refractivity contribution is -0.118. The number of rotatable bonds is 4. The summed E-state index contributed by atoms with van der Waals surface area (Å²) in [5.41, 5.74) is 3.16. The molecule has 0 saturated heterocycles. The van der Waals surface area contributed by atoms with E-state index in [2.05, 4.69) is 4.98 Å². The second-order valence-electron chi connectivity index (χ2n) is 5.88. The normalized spacial score (nSPS) is 13.3.